The summed E-state index contributed by atoms with van der Waals surface area (Å²) in [5.41, 5.74) is 1.83. The van der Waals surface area contributed by atoms with Gasteiger partial charge >= 0.3 is 12.1 Å². The number of benzene rings is 2. The van der Waals surface area contributed by atoms with Crippen molar-refractivity contribution < 1.29 is 22.3 Å². The number of aromatic nitrogens is 3. The Hall–Kier alpha value is -2.99. The molecule has 1 N–H and O–H groups in total. The number of halogens is 3. The first-order valence-corrected chi connectivity index (χ1v) is 10.4. The number of hydrogen-bond acceptors (Lipinski definition) is 8. The van der Waals surface area contributed by atoms with Crippen LogP contribution >= 0.6 is 23.1 Å². The molecule has 2 aromatic heterocycles. The zero-order chi connectivity index (χ0) is 21.1. The number of aryl methyl sites for hydroxylation is 1. The summed E-state index contributed by atoms with van der Waals surface area (Å²) in [6.45, 7) is 0.448. The van der Waals surface area contributed by atoms with Crippen LogP contribution in [0.1, 0.15) is 0 Å². The molecule has 0 aliphatic heterocycles. The van der Waals surface area contributed by atoms with E-state index >= 15 is 0 Å². The van der Waals surface area contributed by atoms with Crippen LogP contribution in [0.2, 0.25) is 0 Å². The molecule has 0 atom stereocenters. The first-order chi connectivity index (χ1) is 14.4. The number of nitrogens with zero attached hydrogens (tertiary/aromatic N) is 3. The largest absolute Gasteiger partial charge is 0.573 e. The third-order valence-corrected chi connectivity index (χ3v) is 5.81. The molecule has 4 aromatic rings. The van der Waals surface area contributed by atoms with E-state index in [1.807, 2.05) is 12.1 Å². The fourth-order valence-corrected chi connectivity index (χ4v) is 4.40. The van der Waals surface area contributed by atoms with Crippen LogP contribution in [0.3, 0.4) is 0 Å². The zero-order valence-corrected chi connectivity index (χ0v) is 16.7. The topological polar surface area (TPSA) is 82.2 Å². The summed E-state index contributed by atoms with van der Waals surface area (Å²) in [4.78, 5) is 12.0. The SMILES string of the molecule is O=c1oc2ccccc2n1CCSc1nnc(Nc2ccc(OC(F)(F)F)cc2)s1. The molecule has 0 aliphatic carbocycles. The van der Waals surface area contributed by atoms with Gasteiger partial charge in [0.1, 0.15) is 5.75 Å². The number of alkyl halides is 3. The first kappa shape index (κ1) is 20.3. The summed E-state index contributed by atoms with van der Waals surface area (Å²) in [6, 6.07) is 12.5. The highest BCUT2D eigenvalue weighted by molar-refractivity contribution is 8.01. The van der Waals surface area contributed by atoms with Gasteiger partial charge in [-0.2, -0.15) is 0 Å². The minimum atomic E-state index is -4.73. The summed E-state index contributed by atoms with van der Waals surface area (Å²) in [5, 5.41) is 11.6. The lowest BCUT2D eigenvalue weighted by Crippen LogP contribution is -2.16. The van der Waals surface area contributed by atoms with Gasteiger partial charge < -0.3 is 14.5 Å². The molecule has 0 saturated heterocycles. The smallest absolute Gasteiger partial charge is 0.408 e. The molecule has 0 saturated carbocycles. The molecule has 2 heterocycles. The predicted octanol–water partition coefficient (Wildman–Crippen LogP) is 4.88. The van der Waals surface area contributed by atoms with Crippen LogP contribution < -0.4 is 15.8 Å². The average Bonchev–Trinajstić information content (AvgIpc) is 3.26. The lowest BCUT2D eigenvalue weighted by atomic mass is 10.3. The Balaban J connectivity index is 1.33. The molecule has 30 heavy (non-hydrogen) atoms. The van der Waals surface area contributed by atoms with Gasteiger partial charge in [-0.05, 0) is 36.4 Å². The highest BCUT2D eigenvalue weighted by Crippen LogP contribution is 2.29. The number of nitrogens with one attached hydrogen (secondary N) is 1. The van der Waals surface area contributed by atoms with Gasteiger partial charge in [0.05, 0.1) is 5.52 Å². The third-order valence-electron chi connectivity index (χ3n) is 3.86. The maximum absolute atomic E-state index is 12.2. The standard InChI is InChI=1S/C18H13F3N4O3S2/c19-18(20,21)28-12-7-5-11(6-8-12)22-15-23-24-16(30-15)29-10-9-25-13-3-1-2-4-14(13)27-17(25)26/h1-8H,9-10H2,(H,22,23). The van der Waals surface area contributed by atoms with Gasteiger partial charge in [0, 0.05) is 18.0 Å². The summed E-state index contributed by atoms with van der Waals surface area (Å²) in [7, 11) is 0. The van der Waals surface area contributed by atoms with Gasteiger partial charge in [-0.3, -0.25) is 4.57 Å². The van der Waals surface area contributed by atoms with Gasteiger partial charge in [0.2, 0.25) is 5.13 Å². The second-order valence-corrected chi connectivity index (χ2v) is 8.23. The molecule has 4 rings (SSSR count). The van der Waals surface area contributed by atoms with E-state index in [0.717, 1.165) is 5.52 Å². The van der Waals surface area contributed by atoms with Crippen LogP contribution in [0.15, 0.2) is 62.1 Å². The van der Waals surface area contributed by atoms with Crippen LogP contribution in [0.4, 0.5) is 24.0 Å². The van der Waals surface area contributed by atoms with Gasteiger partial charge in [0.15, 0.2) is 9.92 Å². The molecule has 0 radical (unpaired) electrons. The monoisotopic (exact) mass is 454 g/mol. The van der Waals surface area contributed by atoms with Crippen LogP contribution in [0, 0.1) is 0 Å². The zero-order valence-electron chi connectivity index (χ0n) is 15.0. The Morgan fingerprint density at radius 1 is 1.13 bits per heavy atom. The fourth-order valence-electron chi connectivity index (χ4n) is 2.63. The molecule has 0 spiro atoms. The molecule has 156 valence electrons. The number of hydrogen-bond donors (Lipinski definition) is 1. The second kappa shape index (κ2) is 8.40. The fraction of sp³-hybridized carbons (Fsp3) is 0.167. The summed E-state index contributed by atoms with van der Waals surface area (Å²) >= 11 is 2.73. The Morgan fingerprint density at radius 3 is 2.67 bits per heavy atom. The second-order valence-electron chi connectivity index (χ2n) is 5.91. The van der Waals surface area contributed by atoms with E-state index in [9.17, 15) is 18.0 Å². The van der Waals surface area contributed by atoms with Crippen LogP contribution in [-0.2, 0) is 6.54 Å². The van der Waals surface area contributed by atoms with Crippen molar-refractivity contribution in [2.24, 2.45) is 0 Å². The molecule has 0 bridgehead atoms. The molecule has 2 aromatic carbocycles. The van der Waals surface area contributed by atoms with Gasteiger partial charge in [-0.1, -0.05) is 35.2 Å². The Kier molecular flexibility index (Phi) is 5.68. The summed E-state index contributed by atoms with van der Waals surface area (Å²) < 4.78 is 47.9. The molecule has 0 fully saturated rings. The van der Waals surface area contributed by atoms with E-state index in [-0.39, 0.29) is 5.75 Å². The molecular formula is C18H13F3N4O3S2. The Bertz CT molecular complexity index is 1200. The lowest BCUT2D eigenvalue weighted by molar-refractivity contribution is -0.274. The van der Waals surface area contributed by atoms with E-state index in [2.05, 4.69) is 20.3 Å². The van der Waals surface area contributed by atoms with Crippen molar-refractivity contribution in [3.63, 3.8) is 0 Å². The molecule has 12 heteroatoms. The maximum Gasteiger partial charge on any atom is 0.573 e. The van der Waals surface area contributed by atoms with E-state index in [4.69, 9.17) is 4.42 Å². The van der Waals surface area contributed by atoms with Crippen molar-refractivity contribution in [3.05, 3.63) is 59.1 Å². The van der Waals surface area contributed by atoms with Crippen molar-refractivity contribution in [3.8, 4) is 5.75 Å². The predicted molar refractivity (Wildman–Crippen MR) is 108 cm³/mol. The number of oxazole rings is 1. The van der Waals surface area contributed by atoms with Crippen molar-refractivity contribution in [1.29, 1.82) is 0 Å². The molecule has 0 unspecified atom stereocenters. The van der Waals surface area contributed by atoms with E-state index in [1.54, 1.807) is 16.7 Å². The van der Waals surface area contributed by atoms with Gasteiger partial charge in [-0.15, -0.1) is 23.4 Å². The number of para-hydroxylation sites is 2. The van der Waals surface area contributed by atoms with Crippen LogP contribution in [0.25, 0.3) is 11.1 Å². The normalized spacial score (nSPS) is 11.7. The average molecular weight is 454 g/mol. The maximum atomic E-state index is 12.2. The summed E-state index contributed by atoms with van der Waals surface area (Å²) in [5.74, 6) is -0.125. The Labute approximate surface area is 175 Å². The minimum absolute atomic E-state index is 0.302. The van der Waals surface area contributed by atoms with Gasteiger partial charge in [0.25, 0.3) is 0 Å². The van der Waals surface area contributed by atoms with Crippen molar-refractivity contribution >= 4 is 45.0 Å². The van der Waals surface area contributed by atoms with Crippen LogP contribution in [-0.4, -0.2) is 26.9 Å². The first-order valence-electron chi connectivity index (χ1n) is 8.55. The number of rotatable bonds is 7. The van der Waals surface area contributed by atoms with Crippen LogP contribution in [0.5, 0.6) is 5.75 Å². The minimum Gasteiger partial charge on any atom is -0.408 e. The quantitative estimate of drug-likeness (QED) is 0.399. The summed E-state index contributed by atoms with van der Waals surface area (Å²) in [6.07, 6.45) is -4.73. The number of fused-ring (bicyclic) bond motifs is 1. The molecule has 0 amide bonds. The van der Waals surface area contributed by atoms with Crippen molar-refractivity contribution in [2.45, 2.75) is 17.2 Å². The third kappa shape index (κ3) is 4.94. The molecular weight excluding hydrogens is 441 g/mol. The molecule has 0 aliphatic rings. The number of anilines is 2. The number of ether oxygens (including phenoxy) is 1. The molecule has 7 nitrogen and oxygen atoms in total. The van der Waals surface area contributed by atoms with E-state index < -0.39 is 12.1 Å². The highest BCUT2D eigenvalue weighted by Gasteiger charge is 2.30. The van der Waals surface area contributed by atoms with Gasteiger partial charge in [-0.25, -0.2) is 4.79 Å². The van der Waals surface area contributed by atoms with Crippen molar-refractivity contribution in [1.82, 2.24) is 14.8 Å². The lowest BCUT2D eigenvalue weighted by Gasteiger charge is -2.09. The van der Waals surface area contributed by atoms with Crippen molar-refractivity contribution in [2.75, 3.05) is 11.1 Å². The number of thioether (sulfide) groups is 1. The highest BCUT2D eigenvalue weighted by atomic mass is 32.2. The Morgan fingerprint density at radius 2 is 1.90 bits per heavy atom. The van der Waals surface area contributed by atoms with E-state index in [0.29, 0.717) is 33.0 Å². The van der Waals surface area contributed by atoms with E-state index in [1.165, 1.54) is 47.4 Å².